The van der Waals surface area contributed by atoms with Crippen molar-refractivity contribution in [2.24, 2.45) is 0 Å². The molecular formula is C25H28BrN3O5. The van der Waals surface area contributed by atoms with Gasteiger partial charge in [-0.15, -0.1) is 0 Å². The third-order valence-electron chi connectivity index (χ3n) is 5.63. The van der Waals surface area contributed by atoms with Gasteiger partial charge in [0.15, 0.2) is 0 Å². The van der Waals surface area contributed by atoms with Crippen molar-refractivity contribution >= 4 is 39.5 Å². The first kappa shape index (κ1) is 24.2. The Labute approximate surface area is 207 Å². The predicted octanol–water partition coefficient (Wildman–Crippen LogP) is 4.43. The van der Waals surface area contributed by atoms with Crippen LogP contribution in [0.1, 0.15) is 44.7 Å². The number of halogens is 1. The largest absolute Gasteiger partial charge is 0.457 e. The summed E-state index contributed by atoms with van der Waals surface area (Å²) in [5.74, 6) is 0.655. The molecule has 180 valence electrons. The Morgan fingerprint density at radius 3 is 2.74 bits per heavy atom. The van der Waals surface area contributed by atoms with E-state index in [2.05, 4.69) is 26.6 Å². The van der Waals surface area contributed by atoms with Crippen LogP contribution in [0.5, 0.6) is 11.5 Å². The molecule has 0 spiro atoms. The predicted molar refractivity (Wildman–Crippen MR) is 131 cm³/mol. The van der Waals surface area contributed by atoms with Crippen LogP contribution < -0.4 is 20.3 Å². The molecule has 1 fully saturated rings. The Morgan fingerprint density at radius 1 is 1.21 bits per heavy atom. The third kappa shape index (κ3) is 5.59. The number of rotatable bonds is 5. The minimum atomic E-state index is -0.575. The molecule has 2 aliphatic rings. The van der Waals surface area contributed by atoms with Crippen LogP contribution in [0, 0.1) is 0 Å². The zero-order valence-electron chi connectivity index (χ0n) is 19.4. The molecule has 2 N–H and O–H groups in total. The quantitative estimate of drug-likeness (QED) is 0.556. The number of amides is 3. The molecule has 34 heavy (non-hydrogen) atoms. The number of piperidine rings is 1. The van der Waals surface area contributed by atoms with Crippen LogP contribution >= 0.6 is 15.9 Å². The summed E-state index contributed by atoms with van der Waals surface area (Å²) >= 11 is 3.57. The van der Waals surface area contributed by atoms with Crippen LogP contribution in [0.25, 0.3) is 0 Å². The van der Waals surface area contributed by atoms with Crippen molar-refractivity contribution in [3.05, 3.63) is 52.0 Å². The molecule has 2 heterocycles. The topological polar surface area (TPSA) is 97.0 Å². The zero-order chi connectivity index (χ0) is 24.5. The third-order valence-corrected chi connectivity index (χ3v) is 6.38. The number of carbonyl (C=O) groups is 3. The summed E-state index contributed by atoms with van der Waals surface area (Å²) in [5.41, 5.74) is 2.11. The summed E-state index contributed by atoms with van der Waals surface area (Å²) in [4.78, 5) is 37.8. The molecule has 0 bridgehead atoms. The zero-order valence-corrected chi connectivity index (χ0v) is 21.0. The second-order valence-corrected chi connectivity index (χ2v) is 10.2. The number of hydrogen-bond acceptors (Lipinski definition) is 6. The minimum Gasteiger partial charge on any atom is -0.457 e. The van der Waals surface area contributed by atoms with Crippen molar-refractivity contribution in [1.29, 1.82) is 0 Å². The lowest BCUT2D eigenvalue weighted by molar-refractivity contribution is -0.134. The molecule has 8 nitrogen and oxygen atoms in total. The fraction of sp³-hybridized carbons (Fsp3) is 0.400. The molecule has 0 aliphatic carbocycles. The maximum atomic E-state index is 12.7. The standard InChI is InChI=1S/C25H28BrN3O5/c1-25(2,3)34-24(32)29-12-11-15-7-8-16(13-20(15)29)33-21-6-4-5-18(26)17(21)14-27-19-9-10-22(30)28-23(19)31/h4-8,13,19,27H,9-12,14H2,1-3H3,(H,28,30,31). The van der Waals surface area contributed by atoms with E-state index < -0.39 is 11.6 Å². The molecule has 1 saturated heterocycles. The highest BCUT2D eigenvalue weighted by Gasteiger charge is 2.30. The lowest BCUT2D eigenvalue weighted by Gasteiger charge is -2.25. The minimum absolute atomic E-state index is 0.245. The van der Waals surface area contributed by atoms with Crippen LogP contribution in [0.15, 0.2) is 40.9 Å². The van der Waals surface area contributed by atoms with Gasteiger partial charge in [0.25, 0.3) is 0 Å². The molecule has 0 aromatic heterocycles. The number of imide groups is 1. The monoisotopic (exact) mass is 529 g/mol. The first-order valence-electron chi connectivity index (χ1n) is 11.3. The van der Waals surface area contributed by atoms with Gasteiger partial charge in [0.1, 0.15) is 17.1 Å². The number of benzene rings is 2. The number of ether oxygens (including phenoxy) is 2. The van der Waals surface area contributed by atoms with Crippen molar-refractivity contribution in [2.45, 2.75) is 58.2 Å². The molecule has 2 aromatic carbocycles. The second kappa shape index (κ2) is 9.76. The Bertz CT molecular complexity index is 1130. The van der Waals surface area contributed by atoms with E-state index in [0.29, 0.717) is 37.4 Å². The Hall–Kier alpha value is -2.91. The van der Waals surface area contributed by atoms with Gasteiger partial charge in [0.2, 0.25) is 11.8 Å². The number of nitrogens with one attached hydrogen (secondary N) is 2. The Morgan fingerprint density at radius 2 is 2.00 bits per heavy atom. The lowest BCUT2D eigenvalue weighted by Crippen LogP contribution is -2.50. The molecule has 4 rings (SSSR count). The second-order valence-electron chi connectivity index (χ2n) is 9.38. The summed E-state index contributed by atoms with van der Waals surface area (Å²) in [7, 11) is 0. The van der Waals surface area contributed by atoms with Gasteiger partial charge in [0, 0.05) is 35.6 Å². The van der Waals surface area contributed by atoms with E-state index in [4.69, 9.17) is 9.47 Å². The van der Waals surface area contributed by atoms with Gasteiger partial charge >= 0.3 is 6.09 Å². The highest BCUT2D eigenvalue weighted by Crippen LogP contribution is 2.36. The molecule has 2 aliphatic heterocycles. The molecule has 1 unspecified atom stereocenters. The Kier molecular flexibility index (Phi) is 6.95. The maximum Gasteiger partial charge on any atom is 0.414 e. The van der Waals surface area contributed by atoms with Gasteiger partial charge in [-0.05, 0) is 57.4 Å². The van der Waals surface area contributed by atoms with E-state index in [9.17, 15) is 14.4 Å². The van der Waals surface area contributed by atoms with Crippen molar-refractivity contribution in [1.82, 2.24) is 10.6 Å². The molecule has 0 radical (unpaired) electrons. The molecule has 0 saturated carbocycles. The smallest absolute Gasteiger partial charge is 0.414 e. The lowest BCUT2D eigenvalue weighted by atomic mass is 10.1. The first-order valence-corrected chi connectivity index (χ1v) is 12.1. The van der Waals surface area contributed by atoms with Crippen molar-refractivity contribution in [3.63, 3.8) is 0 Å². The summed E-state index contributed by atoms with van der Waals surface area (Å²) in [5, 5.41) is 5.58. The number of nitrogens with zero attached hydrogens (tertiary/aromatic N) is 1. The van der Waals surface area contributed by atoms with Gasteiger partial charge in [-0.2, -0.15) is 0 Å². The average Bonchev–Trinajstić information content (AvgIpc) is 3.17. The van der Waals surface area contributed by atoms with Gasteiger partial charge in [-0.1, -0.05) is 28.1 Å². The summed E-state index contributed by atoms with van der Waals surface area (Å²) < 4.78 is 12.6. The molecule has 3 amide bonds. The Balaban J connectivity index is 1.51. The van der Waals surface area contributed by atoms with Crippen molar-refractivity contribution in [3.8, 4) is 11.5 Å². The average molecular weight is 530 g/mol. The van der Waals surface area contributed by atoms with Gasteiger partial charge in [-0.25, -0.2) is 4.79 Å². The van der Waals surface area contributed by atoms with Gasteiger partial charge in [0.05, 0.1) is 11.7 Å². The highest BCUT2D eigenvalue weighted by molar-refractivity contribution is 9.10. The number of hydrogen-bond donors (Lipinski definition) is 2. The summed E-state index contributed by atoms with van der Waals surface area (Å²) in [6.07, 6.45) is 1.15. The summed E-state index contributed by atoms with van der Waals surface area (Å²) in [6, 6.07) is 10.9. The van der Waals surface area contributed by atoms with E-state index in [-0.39, 0.29) is 17.9 Å². The van der Waals surface area contributed by atoms with Crippen LogP contribution in [0.2, 0.25) is 0 Å². The van der Waals surface area contributed by atoms with Crippen LogP contribution in [0.3, 0.4) is 0 Å². The fourth-order valence-corrected chi connectivity index (χ4v) is 4.46. The fourth-order valence-electron chi connectivity index (χ4n) is 3.98. The molecule has 2 aromatic rings. The number of fused-ring (bicyclic) bond motifs is 1. The SMILES string of the molecule is CC(C)(C)OC(=O)N1CCc2ccc(Oc3cccc(Br)c3CNC3CCC(=O)NC3=O)cc21. The van der Waals surface area contributed by atoms with Gasteiger partial charge in [-0.3, -0.25) is 19.8 Å². The first-order chi connectivity index (χ1) is 16.1. The van der Waals surface area contributed by atoms with E-state index in [0.717, 1.165) is 27.7 Å². The normalized spacial score (nSPS) is 17.9. The molecular weight excluding hydrogens is 502 g/mol. The summed E-state index contributed by atoms with van der Waals surface area (Å²) in [6.45, 7) is 6.47. The van der Waals surface area contributed by atoms with Crippen LogP contribution in [-0.2, 0) is 27.3 Å². The molecule has 1 atom stereocenters. The van der Waals surface area contributed by atoms with Crippen LogP contribution in [0.4, 0.5) is 10.5 Å². The van der Waals surface area contributed by atoms with Crippen LogP contribution in [-0.4, -0.2) is 36.1 Å². The van der Waals surface area contributed by atoms with E-state index in [1.54, 1.807) is 4.90 Å². The van der Waals surface area contributed by atoms with E-state index in [1.165, 1.54) is 0 Å². The highest BCUT2D eigenvalue weighted by atomic mass is 79.9. The molecule has 9 heteroatoms. The van der Waals surface area contributed by atoms with E-state index >= 15 is 0 Å². The van der Waals surface area contributed by atoms with E-state index in [1.807, 2.05) is 57.2 Å². The van der Waals surface area contributed by atoms with Crippen molar-refractivity contribution in [2.75, 3.05) is 11.4 Å². The number of carbonyl (C=O) groups excluding carboxylic acids is 3. The van der Waals surface area contributed by atoms with Gasteiger partial charge < -0.3 is 14.8 Å². The maximum absolute atomic E-state index is 12.7. The van der Waals surface area contributed by atoms with Crippen molar-refractivity contribution < 1.29 is 23.9 Å². The number of anilines is 1.